The van der Waals surface area contributed by atoms with Gasteiger partial charge >= 0.3 is 0 Å². The van der Waals surface area contributed by atoms with E-state index in [-0.39, 0.29) is 0 Å². The van der Waals surface area contributed by atoms with Crippen LogP contribution >= 0.6 is 0 Å². The summed E-state index contributed by atoms with van der Waals surface area (Å²) in [6, 6.07) is 8.17. The highest BCUT2D eigenvalue weighted by atomic mass is 16.3. The van der Waals surface area contributed by atoms with Crippen molar-refractivity contribution in [3.8, 4) is 11.5 Å². The zero-order valence-corrected chi connectivity index (χ0v) is 15.2. The van der Waals surface area contributed by atoms with E-state index in [0.717, 1.165) is 36.7 Å². The maximum Gasteiger partial charge on any atom is 0.226 e. The Morgan fingerprint density at radius 2 is 2.00 bits per heavy atom. The fraction of sp³-hybridized carbons (Fsp3) is 0.474. The van der Waals surface area contributed by atoms with Gasteiger partial charge in [-0.05, 0) is 32.4 Å². The Balaban J connectivity index is 2.04. The van der Waals surface area contributed by atoms with E-state index in [1.165, 1.54) is 12.0 Å². The lowest BCUT2D eigenvalue weighted by atomic mass is 10.1. The first-order valence-electron chi connectivity index (χ1n) is 8.65. The standard InChI is InChI=1S/C19H28N4O/c1-5-7-12-23(4)19(20-6-2)21-13-17-14-24-18(22-17)16-10-8-15(3)9-11-16/h8-11,14H,5-7,12-13H2,1-4H3,(H,20,21). The number of nitrogens with one attached hydrogen (secondary N) is 1. The van der Waals surface area contributed by atoms with Gasteiger partial charge in [-0.2, -0.15) is 0 Å². The van der Waals surface area contributed by atoms with Crippen LogP contribution in [0.2, 0.25) is 0 Å². The van der Waals surface area contributed by atoms with Crippen molar-refractivity contribution >= 4 is 5.96 Å². The lowest BCUT2D eigenvalue weighted by Gasteiger charge is -2.21. The molecule has 1 heterocycles. The van der Waals surface area contributed by atoms with Crippen LogP contribution in [-0.2, 0) is 6.54 Å². The topological polar surface area (TPSA) is 53.7 Å². The average molecular weight is 328 g/mol. The fourth-order valence-corrected chi connectivity index (χ4v) is 2.34. The van der Waals surface area contributed by atoms with Gasteiger partial charge in [0, 0.05) is 25.7 Å². The molecule has 24 heavy (non-hydrogen) atoms. The molecule has 5 nitrogen and oxygen atoms in total. The van der Waals surface area contributed by atoms with Crippen LogP contribution in [0, 0.1) is 6.92 Å². The molecule has 0 aliphatic rings. The Hall–Kier alpha value is -2.30. The van der Waals surface area contributed by atoms with Crippen molar-refractivity contribution in [2.24, 2.45) is 4.99 Å². The number of aryl methyl sites for hydroxylation is 1. The van der Waals surface area contributed by atoms with E-state index in [9.17, 15) is 0 Å². The lowest BCUT2D eigenvalue weighted by molar-refractivity contribution is 0.464. The Bertz CT molecular complexity index is 646. The highest BCUT2D eigenvalue weighted by molar-refractivity contribution is 5.79. The molecule has 0 bridgehead atoms. The fourth-order valence-electron chi connectivity index (χ4n) is 2.34. The highest BCUT2D eigenvalue weighted by Crippen LogP contribution is 2.19. The highest BCUT2D eigenvalue weighted by Gasteiger charge is 2.08. The third kappa shape index (κ3) is 5.11. The van der Waals surface area contributed by atoms with Crippen LogP contribution in [0.15, 0.2) is 39.9 Å². The molecule has 130 valence electrons. The average Bonchev–Trinajstić information content (AvgIpc) is 3.06. The summed E-state index contributed by atoms with van der Waals surface area (Å²) in [6.07, 6.45) is 4.02. The van der Waals surface area contributed by atoms with E-state index in [1.54, 1.807) is 6.26 Å². The van der Waals surface area contributed by atoms with Gasteiger partial charge in [-0.25, -0.2) is 9.98 Å². The zero-order valence-electron chi connectivity index (χ0n) is 15.2. The van der Waals surface area contributed by atoms with Crippen molar-refractivity contribution in [2.45, 2.75) is 40.2 Å². The van der Waals surface area contributed by atoms with Gasteiger partial charge < -0.3 is 14.6 Å². The van der Waals surface area contributed by atoms with Crippen LogP contribution in [0.25, 0.3) is 11.5 Å². The summed E-state index contributed by atoms with van der Waals surface area (Å²) in [4.78, 5) is 11.4. The molecule has 0 saturated carbocycles. The molecule has 1 N–H and O–H groups in total. The molecule has 0 fully saturated rings. The van der Waals surface area contributed by atoms with Crippen LogP contribution in [0.5, 0.6) is 0 Å². The van der Waals surface area contributed by atoms with Gasteiger partial charge in [0.15, 0.2) is 5.96 Å². The van der Waals surface area contributed by atoms with Crippen LogP contribution in [0.1, 0.15) is 37.9 Å². The number of oxazole rings is 1. The van der Waals surface area contributed by atoms with Crippen LogP contribution in [0.3, 0.4) is 0 Å². The van der Waals surface area contributed by atoms with Crippen molar-refractivity contribution in [1.29, 1.82) is 0 Å². The number of nitrogens with zero attached hydrogens (tertiary/aromatic N) is 3. The minimum Gasteiger partial charge on any atom is -0.444 e. The molecule has 0 radical (unpaired) electrons. The second-order valence-corrected chi connectivity index (χ2v) is 5.96. The number of aliphatic imine (C=N–C) groups is 1. The van der Waals surface area contributed by atoms with Gasteiger partial charge in [-0.1, -0.05) is 31.0 Å². The summed E-state index contributed by atoms with van der Waals surface area (Å²) in [5.74, 6) is 1.55. The summed E-state index contributed by atoms with van der Waals surface area (Å²) in [6.45, 7) is 8.69. The Labute approximate surface area is 144 Å². The summed E-state index contributed by atoms with van der Waals surface area (Å²) in [5.41, 5.74) is 3.05. The lowest BCUT2D eigenvalue weighted by Crippen LogP contribution is -2.39. The second-order valence-electron chi connectivity index (χ2n) is 5.96. The number of hydrogen-bond donors (Lipinski definition) is 1. The number of guanidine groups is 1. The van der Waals surface area contributed by atoms with Gasteiger partial charge in [-0.3, -0.25) is 0 Å². The maximum atomic E-state index is 5.59. The molecular weight excluding hydrogens is 300 g/mol. The molecule has 0 spiro atoms. The van der Waals surface area contributed by atoms with Gasteiger partial charge in [-0.15, -0.1) is 0 Å². The molecule has 0 aliphatic carbocycles. The maximum absolute atomic E-state index is 5.59. The molecule has 2 rings (SSSR count). The van der Waals surface area contributed by atoms with Crippen molar-refractivity contribution < 1.29 is 4.42 Å². The van der Waals surface area contributed by atoms with E-state index in [0.29, 0.717) is 12.4 Å². The van der Waals surface area contributed by atoms with E-state index < -0.39 is 0 Å². The quantitative estimate of drug-likeness (QED) is 0.619. The Kier molecular flexibility index (Phi) is 6.85. The Morgan fingerprint density at radius 3 is 2.67 bits per heavy atom. The molecule has 5 heteroatoms. The monoisotopic (exact) mass is 328 g/mol. The number of aromatic nitrogens is 1. The molecule has 0 saturated heterocycles. The molecule has 1 aromatic carbocycles. The van der Waals surface area contributed by atoms with Crippen molar-refractivity contribution in [3.63, 3.8) is 0 Å². The van der Waals surface area contributed by atoms with E-state index in [2.05, 4.69) is 60.1 Å². The molecule has 0 atom stereocenters. The molecule has 0 amide bonds. The van der Waals surface area contributed by atoms with Gasteiger partial charge in [0.1, 0.15) is 12.0 Å². The number of rotatable bonds is 7. The minimum absolute atomic E-state index is 0.508. The van der Waals surface area contributed by atoms with E-state index in [1.807, 2.05) is 12.1 Å². The van der Waals surface area contributed by atoms with E-state index in [4.69, 9.17) is 4.42 Å². The summed E-state index contributed by atoms with van der Waals surface area (Å²) in [5, 5.41) is 3.32. The SMILES string of the molecule is CCCCN(C)C(=NCc1coc(-c2ccc(C)cc2)n1)NCC. The van der Waals surface area contributed by atoms with Crippen LogP contribution in [-0.4, -0.2) is 36.0 Å². The smallest absolute Gasteiger partial charge is 0.226 e. The molecule has 0 aliphatic heterocycles. The normalized spacial score (nSPS) is 11.6. The third-order valence-electron chi connectivity index (χ3n) is 3.78. The predicted octanol–water partition coefficient (Wildman–Crippen LogP) is 3.85. The van der Waals surface area contributed by atoms with E-state index >= 15 is 0 Å². The first-order valence-corrected chi connectivity index (χ1v) is 8.65. The number of unbranched alkanes of at least 4 members (excludes halogenated alkanes) is 1. The second kappa shape index (κ2) is 9.11. The van der Waals surface area contributed by atoms with Gasteiger partial charge in [0.05, 0.1) is 6.54 Å². The first-order chi connectivity index (χ1) is 11.6. The number of hydrogen-bond acceptors (Lipinski definition) is 3. The van der Waals surface area contributed by atoms with Gasteiger partial charge in [0.2, 0.25) is 5.89 Å². The zero-order chi connectivity index (χ0) is 17.4. The summed E-state index contributed by atoms with van der Waals surface area (Å²) in [7, 11) is 2.07. The summed E-state index contributed by atoms with van der Waals surface area (Å²) >= 11 is 0. The molecule has 2 aromatic rings. The van der Waals surface area contributed by atoms with Crippen molar-refractivity contribution in [2.75, 3.05) is 20.1 Å². The van der Waals surface area contributed by atoms with Gasteiger partial charge in [0.25, 0.3) is 0 Å². The summed E-state index contributed by atoms with van der Waals surface area (Å²) < 4.78 is 5.59. The largest absolute Gasteiger partial charge is 0.444 e. The first kappa shape index (κ1) is 18.0. The minimum atomic E-state index is 0.508. The van der Waals surface area contributed by atoms with Crippen LogP contribution < -0.4 is 5.32 Å². The molecule has 1 aromatic heterocycles. The van der Waals surface area contributed by atoms with Crippen LogP contribution in [0.4, 0.5) is 0 Å². The predicted molar refractivity (Wildman–Crippen MR) is 99.0 cm³/mol. The van der Waals surface area contributed by atoms with Crippen molar-refractivity contribution in [1.82, 2.24) is 15.2 Å². The molecule has 0 unspecified atom stereocenters. The van der Waals surface area contributed by atoms with Crippen molar-refractivity contribution in [3.05, 3.63) is 41.8 Å². The third-order valence-corrected chi connectivity index (χ3v) is 3.78. The molecular formula is C19H28N4O. The number of benzene rings is 1. The Morgan fingerprint density at radius 1 is 1.25 bits per heavy atom.